The SMILES string of the molecule is CCn1cnnc1CNC(C)c1ccc(Cl)c(F)c1. The van der Waals surface area contributed by atoms with Gasteiger partial charge in [-0.3, -0.25) is 0 Å². The van der Waals surface area contributed by atoms with E-state index in [0.29, 0.717) is 6.54 Å². The van der Waals surface area contributed by atoms with Crippen molar-refractivity contribution in [3.63, 3.8) is 0 Å². The molecule has 1 aromatic heterocycles. The van der Waals surface area contributed by atoms with E-state index >= 15 is 0 Å². The topological polar surface area (TPSA) is 42.7 Å². The van der Waals surface area contributed by atoms with E-state index in [1.165, 1.54) is 6.07 Å². The highest BCUT2D eigenvalue weighted by Gasteiger charge is 2.10. The van der Waals surface area contributed by atoms with Gasteiger partial charge in [-0.25, -0.2) is 4.39 Å². The molecule has 6 heteroatoms. The highest BCUT2D eigenvalue weighted by atomic mass is 35.5. The molecule has 19 heavy (non-hydrogen) atoms. The van der Waals surface area contributed by atoms with Crippen molar-refractivity contribution in [2.24, 2.45) is 0 Å². The number of aryl methyl sites for hydroxylation is 1. The van der Waals surface area contributed by atoms with Crippen molar-refractivity contribution in [3.05, 3.63) is 46.8 Å². The molecule has 2 rings (SSSR count). The third-order valence-electron chi connectivity index (χ3n) is 3.05. The fourth-order valence-corrected chi connectivity index (χ4v) is 1.94. The Bertz CT molecular complexity index is 555. The van der Waals surface area contributed by atoms with Gasteiger partial charge in [0.15, 0.2) is 0 Å². The van der Waals surface area contributed by atoms with Crippen LogP contribution in [0.3, 0.4) is 0 Å². The predicted octanol–water partition coefficient (Wildman–Crippen LogP) is 2.94. The van der Waals surface area contributed by atoms with Crippen molar-refractivity contribution < 1.29 is 4.39 Å². The number of benzene rings is 1. The molecule has 0 fully saturated rings. The summed E-state index contributed by atoms with van der Waals surface area (Å²) < 4.78 is 15.3. The average molecular weight is 283 g/mol. The summed E-state index contributed by atoms with van der Waals surface area (Å²) in [7, 11) is 0. The first-order chi connectivity index (χ1) is 9.11. The van der Waals surface area contributed by atoms with E-state index in [1.807, 2.05) is 24.5 Å². The molecule has 0 saturated heterocycles. The van der Waals surface area contributed by atoms with E-state index in [9.17, 15) is 4.39 Å². The van der Waals surface area contributed by atoms with Gasteiger partial charge in [0.05, 0.1) is 11.6 Å². The first-order valence-electron chi connectivity index (χ1n) is 6.16. The quantitative estimate of drug-likeness (QED) is 0.917. The van der Waals surface area contributed by atoms with E-state index in [1.54, 1.807) is 12.4 Å². The second kappa shape index (κ2) is 6.12. The fourth-order valence-electron chi connectivity index (χ4n) is 1.82. The monoisotopic (exact) mass is 282 g/mol. The van der Waals surface area contributed by atoms with E-state index in [-0.39, 0.29) is 11.1 Å². The van der Waals surface area contributed by atoms with Gasteiger partial charge in [-0.05, 0) is 31.5 Å². The van der Waals surface area contributed by atoms with Crippen molar-refractivity contribution in [3.8, 4) is 0 Å². The van der Waals surface area contributed by atoms with Crippen LogP contribution in [-0.2, 0) is 13.1 Å². The summed E-state index contributed by atoms with van der Waals surface area (Å²) in [5, 5.41) is 11.3. The molecule has 0 radical (unpaired) electrons. The molecule has 0 saturated carbocycles. The summed E-state index contributed by atoms with van der Waals surface area (Å²) in [4.78, 5) is 0. The minimum atomic E-state index is -0.399. The maximum atomic E-state index is 13.4. The maximum absolute atomic E-state index is 13.4. The van der Waals surface area contributed by atoms with Crippen molar-refractivity contribution in [2.75, 3.05) is 0 Å². The fraction of sp³-hybridized carbons (Fsp3) is 0.385. The summed E-state index contributed by atoms with van der Waals surface area (Å²) in [5.41, 5.74) is 0.851. The Labute approximate surface area is 116 Å². The highest BCUT2D eigenvalue weighted by molar-refractivity contribution is 6.30. The minimum Gasteiger partial charge on any atom is -0.317 e. The number of hydrogen-bond acceptors (Lipinski definition) is 3. The Kier molecular flexibility index (Phi) is 4.50. The van der Waals surface area contributed by atoms with Crippen LogP contribution in [0.1, 0.15) is 31.3 Å². The Morgan fingerprint density at radius 1 is 1.47 bits per heavy atom. The molecular weight excluding hydrogens is 267 g/mol. The van der Waals surface area contributed by atoms with Crippen LogP contribution in [0.5, 0.6) is 0 Å². The second-order valence-electron chi connectivity index (χ2n) is 4.31. The van der Waals surface area contributed by atoms with E-state index in [4.69, 9.17) is 11.6 Å². The molecule has 0 aliphatic carbocycles. The average Bonchev–Trinajstić information content (AvgIpc) is 2.86. The first-order valence-corrected chi connectivity index (χ1v) is 6.54. The molecule has 1 aromatic carbocycles. The summed E-state index contributed by atoms with van der Waals surface area (Å²) in [6.07, 6.45) is 1.70. The molecule has 2 aromatic rings. The largest absolute Gasteiger partial charge is 0.317 e. The Morgan fingerprint density at radius 3 is 2.95 bits per heavy atom. The van der Waals surface area contributed by atoms with Gasteiger partial charge in [-0.1, -0.05) is 17.7 Å². The van der Waals surface area contributed by atoms with Crippen molar-refractivity contribution in [1.82, 2.24) is 20.1 Å². The third kappa shape index (κ3) is 3.30. The van der Waals surface area contributed by atoms with Gasteiger partial charge in [0.25, 0.3) is 0 Å². The van der Waals surface area contributed by atoms with E-state index in [0.717, 1.165) is 17.9 Å². The van der Waals surface area contributed by atoms with E-state index in [2.05, 4.69) is 15.5 Å². The third-order valence-corrected chi connectivity index (χ3v) is 3.35. The smallest absolute Gasteiger partial charge is 0.146 e. The van der Waals surface area contributed by atoms with Gasteiger partial charge >= 0.3 is 0 Å². The van der Waals surface area contributed by atoms with Gasteiger partial charge in [0.2, 0.25) is 0 Å². The van der Waals surface area contributed by atoms with Crippen molar-refractivity contribution >= 4 is 11.6 Å². The number of nitrogens with zero attached hydrogens (tertiary/aromatic N) is 3. The van der Waals surface area contributed by atoms with Crippen LogP contribution < -0.4 is 5.32 Å². The number of rotatable bonds is 5. The molecule has 0 amide bonds. The van der Waals surface area contributed by atoms with Gasteiger partial charge in [-0.2, -0.15) is 0 Å². The summed E-state index contributed by atoms with van der Waals surface area (Å²) in [6, 6.07) is 4.84. The summed E-state index contributed by atoms with van der Waals surface area (Å²) >= 11 is 5.67. The Morgan fingerprint density at radius 2 is 2.26 bits per heavy atom. The lowest BCUT2D eigenvalue weighted by molar-refractivity contribution is 0.535. The normalized spacial score (nSPS) is 12.6. The first kappa shape index (κ1) is 14.0. The summed E-state index contributed by atoms with van der Waals surface area (Å²) in [6.45, 7) is 5.41. The van der Waals surface area contributed by atoms with Crippen molar-refractivity contribution in [1.29, 1.82) is 0 Å². The van der Waals surface area contributed by atoms with Crippen molar-refractivity contribution in [2.45, 2.75) is 33.0 Å². The summed E-state index contributed by atoms with van der Waals surface area (Å²) in [5.74, 6) is 0.466. The second-order valence-corrected chi connectivity index (χ2v) is 4.72. The molecule has 1 unspecified atom stereocenters. The van der Waals surface area contributed by atoms with Gasteiger partial charge in [0, 0.05) is 12.6 Å². The molecule has 0 aliphatic rings. The standard InChI is InChI=1S/C13H16ClFN4/c1-3-19-8-17-18-13(19)7-16-9(2)10-4-5-11(14)12(15)6-10/h4-6,8-9,16H,3,7H2,1-2H3. The molecule has 1 N–H and O–H groups in total. The highest BCUT2D eigenvalue weighted by Crippen LogP contribution is 2.20. The maximum Gasteiger partial charge on any atom is 0.146 e. The molecule has 4 nitrogen and oxygen atoms in total. The zero-order valence-electron chi connectivity index (χ0n) is 10.9. The molecule has 102 valence electrons. The zero-order valence-corrected chi connectivity index (χ0v) is 11.7. The van der Waals surface area contributed by atoms with Gasteiger partial charge in [-0.15, -0.1) is 10.2 Å². The van der Waals surface area contributed by atoms with Crippen LogP contribution in [0.2, 0.25) is 5.02 Å². The number of halogens is 2. The lowest BCUT2D eigenvalue weighted by Crippen LogP contribution is -2.20. The number of aromatic nitrogens is 3. The molecule has 0 bridgehead atoms. The van der Waals surface area contributed by atoms with Crippen LogP contribution in [0.15, 0.2) is 24.5 Å². The zero-order chi connectivity index (χ0) is 13.8. The lowest BCUT2D eigenvalue weighted by Gasteiger charge is -2.14. The molecule has 0 aliphatic heterocycles. The van der Waals surface area contributed by atoms with Crippen LogP contribution in [0, 0.1) is 5.82 Å². The van der Waals surface area contributed by atoms with Crippen LogP contribution in [0.4, 0.5) is 4.39 Å². The number of hydrogen-bond donors (Lipinski definition) is 1. The van der Waals surface area contributed by atoms with Gasteiger partial charge in [0.1, 0.15) is 18.0 Å². The predicted molar refractivity (Wildman–Crippen MR) is 72.4 cm³/mol. The minimum absolute atomic E-state index is 0.00812. The Hall–Kier alpha value is -1.46. The lowest BCUT2D eigenvalue weighted by atomic mass is 10.1. The van der Waals surface area contributed by atoms with Gasteiger partial charge < -0.3 is 9.88 Å². The number of nitrogens with one attached hydrogen (secondary N) is 1. The Balaban J connectivity index is 2.01. The van der Waals surface area contributed by atoms with Crippen LogP contribution in [0.25, 0.3) is 0 Å². The molecule has 0 spiro atoms. The van der Waals surface area contributed by atoms with Crippen LogP contribution in [-0.4, -0.2) is 14.8 Å². The van der Waals surface area contributed by atoms with E-state index < -0.39 is 5.82 Å². The molecule has 1 atom stereocenters. The molecule has 1 heterocycles. The van der Waals surface area contributed by atoms with Crippen LogP contribution >= 0.6 is 11.6 Å². The molecular formula is C13H16ClFN4.